The molecule has 1 fully saturated rings. The lowest BCUT2D eigenvalue weighted by atomic mass is 10.1. The van der Waals surface area contributed by atoms with Gasteiger partial charge in [-0.05, 0) is 25.0 Å². The number of nitrogens with one attached hydrogen (secondary N) is 2. The van der Waals surface area contributed by atoms with Crippen LogP contribution in [-0.2, 0) is 17.5 Å². The van der Waals surface area contributed by atoms with Crippen molar-refractivity contribution in [2.75, 3.05) is 18.5 Å². The van der Waals surface area contributed by atoms with Crippen LogP contribution in [0.15, 0.2) is 36.9 Å². The van der Waals surface area contributed by atoms with Crippen LogP contribution in [0.4, 0.5) is 19.1 Å². The van der Waals surface area contributed by atoms with Gasteiger partial charge in [-0.15, -0.1) is 0 Å². The van der Waals surface area contributed by atoms with E-state index < -0.39 is 22.7 Å². The number of halogens is 4. The van der Waals surface area contributed by atoms with Gasteiger partial charge in [-0.25, -0.2) is 9.97 Å². The molecule has 8 nitrogen and oxygen atoms in total. The second-order valence-corrected chi connectivity index (χ2v) is 7.91. The molecule has 182 valence electrons. The summed E-state index contributed by atoms with van der Waals surface area (Å²) >= 11 is 5.88. The molecule has 13 heteroatoms. The lowest BCUT2D eigenvalue weighted by molar-refractivity contribution is -0.137. The van der Waals surface area contributed by atoms with Gasteiger partial charge in [0.15, 0.2) is 0 Å². The number of aromatic nitrogens is 4. The predicted molar refractivity (Wildman–Crippen MR) is 125 cm³/mol. The first kappa shape index (κ1) is 25.8. The highest BCUT2D eigenvalue weighted by molar-refractivity contribution is 7.59. The Labute approximate surface area is 205 Å². The minimum absolute atomic E-state index is 0. The molecule has 0 spiro atoms. The molecule has 0 aliphatic carbocycles. The predicted octanol–water partition coefficient (Wildman–Crippen LogP) is 3.89. The van der Waals surface area contributed by atoms with Crippen molar-refractivity contribution in [1.82, 2.24) is 24.8 Å². The molecular formula is C21H22ClF3N6O2S. The summed E-state index contributed by atoms with van der Waals surface area (Å²) < 4.78 is 46.0. The van der Waals surface area contributed by atoms with Gasteiger partial charge < -0.3 is 15.4 Å². The second-order valence-electron chi connectivity index (χ2n) is 7.53. The van der Waals surface area contributed by atoms with Crippen molar-refractivity contribution < 1.29 is 22.7 Å². The molecule has 3 aromatic rings. The van der Waals surface area contributed by atoms with Crippen LogP contribution in [0.2, 0.25) is 5.02 Å². The number of nitrogens with zero attached hydrogens (tertiary/aromatic N) is 4. The quantitative estimate of drug-likeness (QED) is 0.518. The molecule has 1 aromatic carbocycles. The summed E-state index contributed by atoms with van der Waals surface area (Å²) in [5, 5.41) is 5.32. The Morgan fingerprint density at radius 1 is 1.32 bits per heavy atom. The van der Waals surface area contributed by atoms with E-state index in [1.165, 1.54) is 24.7 Å². The van der Waals surface area contributed by atoms with E-state index in [0.29, 0.717) is 25.0 Å². The summed E-state index contributed by atoms with van der Waals surface area (Å²) in [5.74, 6) is 0.416. The molecule has 1 aliphatic rings. The molecule has 1 unspecified atom stereocenters. The summed E-state index contributed by atoms with van der Waals surface area (Å²) in [6.45, 7) is 2.91. The number of anilines is 1. The lowest BCUT2D eigenvalue weighted by Gasteiger charge is -2.13. The van der Waals surface area contributed by atoms with Gasteiger partial charge in [-0.2, -0.15) is 31.7 Å². The molecule has 1 aliphatic heterocycles. The number of benzene rings is 1. The van der Waals surface area contributed by atoms with Crippen LogP contribution in [0, 0.1) is 6.92 Å². The first-order valence-corrected chi connectivity index (χ1v) is 10.4. The summed E-state index contributed by atoms with van der Waals surface area (Å²) in [4.78, 5) is 25.4. The molecule has 0 saturated carbocycles. The van der Waals surface area contributed by atoms with Gasteiger partial charge in [0, 0.05) is 31.1 Å². The van der Waals surface area contributed by atoms with Crippen LogP contribution >= 0.6 is 25.1 Å². The van der Waals surface area contributed by atoms with E-state index in [4.69, 9.17) is 16.3 Å². The van der Waals surface area contributed by atoms with Crippen LogP contribution in [-0.4, -0.2) is 44.7 Å². The highest BCUT2D eigenvalue weighted by atomic mass is 35.5. The molecule has 1 saturated heterocycles. The van der Waals surface area contributed by atoms with Crippen LogP contribution in [0.1, 0.15) is 33.6 Å². The average molecular weight is 515 g/mol. The number of hydrogen-bond acceptors (Lipinski definition) is 6. The fourth-order valence-corrected chi connectivity index (χ4v) is 3.65. The Kier molecular flexibility index (Phi) is 8.05. The standard InChI is InChI=1S/C21H20ClF3N6O2.H2S/c1-12-7-27-20(29-14-5-6-33-10-14)30-18(12)31-9-16(28-11-31)19(32)26-8-13-3-2-4-15(17(13)22)21(23,24)25;/h2-4,7,9,11,14H,5-6,8,10H2,1H3,(H,26,32)(H,27,29,30);1H2. The van der Waals surface area contributed by atoms with E-state index in [0.717, 1.165) is 18.1 Å². The SMILES string of the molecule is Cc1cnc(NC2CCOC2)nc1-n1cnc(C(=O)NCc2cccc(C(F)(F)F)c2Cl)c1.S. The zero-order valence-corrected chi connectivity index (χ0v) is 19.7. The number of rotatable bonds is 6. The number of hydrogen-bond donors (Lipinski definition) is 2. The third-order valence-electron chi connectivity index (χ3n) is 5.09. The lowest BCUT2D eigenvalue weighted by Crippen LogP contribution is -2.23. The Morgan fingerprint density at radius 3 is 2.82 bits per heavy atom. The van der Waals surface area contributed by atoms with Gasteiger partial charge in [-0.3, -0.25) is 9.36 Å². The summed E-state index contributed by atoms with van der Waals surface area (Å²) in [6, 6.07) is 3.69. The monoisotopic (exact) mass is 514 g/mol. The Balaban J connectivity index is 0.00000324. The third kappa shape index (κ3) is 5.80. The molecule has 0 radical (unpaired) electrons. The maximum Gasteiger partial charge on any atom is 0.417 e. The van der Waals surface area contributed by atoms with Crippen molar-refractivity contribution in [1.29, 1.82) is 0 Å². The van der Waals surface area contributed by atoms with Crippen molar-refractivity contribution in [2.45, 2.75) is 32.1 Å². The minimum Gasteiger partial charge on any atom is -0.379 e. The van der Waals surface area contributed by atoms with Crippen molar-refractivity contribution in [3.63, 3.8) is 0 Å². The number of ether oxygens (including phenoxy) is 1. The third-order valence-corrected chi connectivity index (χ3v) is 5.54. The van der Waals surface area contributed by atoms with Gasteiger partial charge in [0.1, 0.15) is 17.8 Å². The Hall–Kier alpha value is -2.83. The molecule has 34 heavy (non-hydrogen) atoms. The first-order chi connectivity index (χ1) is 15.7. The summed E-state index contributed by atoms with van der Waals surface area (Å²) in [5.41, 5.74) is 0.0451. The number of imidazole rings is 1. The summed E-state index contributed by atoms with van der Waals surface area (Å²) in [7, 11) is 0. The van der Waals surface area contributed by atoms with Crippen molar-refractivity contribution >= 4 is 37.0 Å². The number of carbonyl (C=O) groups excluding carboxylic acids is 1. The van der Waals surface area contributed by atoms with E-state index in [9.17, 15) is 18.0 Å². The highest BCUT2D eigenvalue weighted by Gasteiger charge is 2.33. The van der Waals surface area contributed by atoms with Gasteiger partial charge in [0.2, 0.25) is 5.95 Å². The molecule has 2 N–H and O–H groups in total. The fourth-order valence-electron chi connectivity index (χ4n) is 3.35. The van der Waals surface area contributed by atoms with Gasteiger partial charge in [0.05, 0.1) is 23.2 Å². The summed E-state index contributed by atoms with van der Waals surface area (Å²) in [6.07, 6.45) is 0.863. The topological polar surface area (TPSA) is 94.0 Å². The first-order valence-electron chi connectivity index (χ1n) is 10.1. The molecule has 1 amide bonds. The largest absolute Gasteiger partial charge is 0.417 e. The molecule has 1 atom stereocenters. The van der Waals surface area contributed by atoms with E-state index in [-0.39, 0.29) is 37.3 Å². The molecular weight excluding hydrogens is 493 g/mol. The van der Waals surface area contributed by atoms with Gasteiger partial charge in [-0.1, -0.05) is 23.7 Å². The Bertz CT molecular complexity index is 1170. The molecule has 3 heterocycles. The molecule has 4 rings (SSSR count). The van der Waals surface area contributed by atoms with Crippen LogP contribution in [0.3, 0.4) is 0 Å². The van der Waals surface area contributed by atoms with Crippen LogP contribution in [0.25, 0.3) is 5.82 Å². The van der Waals surface area contributed by atoms with Crippen molar-refractivity contribution in [3.8, 4) is 5.82 Å². The van der Waals surface area contributed by atoms with E-state index in [1.54, 1.807) is 10.8 Å². The minimum atomic E-state index is -4.58. The zero-order chi connectivity index (χ0) is 23.6. The second kappa shape index (κ2) is 10.6. The average Bonchev–Trinajstić information content (AvgIpc) is 3.45. The number of amides is 1. The van der Waals surface area contributed by atoms with E-state index >= 15 is 0 Å². The smallest absolute Gasteiger partial charge is 0.379 e. The fraction of sp³-hybridized carbons (Fsp3) is 0.333. The zero-order valence-electron chi connectivity index (χ0n) is 18.0. The van der Waals surface area contributed by atoms with Crippen molar-refractivity contribution in [2.24, 2.45) is 0 Å². The van der Waals surface area contributed by atoms with Crippen LogP contribution in [0.5, 0.6) is 0 Å². The highest BCUT2D eigenvalue weighted by Crippen LogP contribution is 2.36. The molecule has 0 bridgehead atoms. The normalized spacial score (nSPS) is 15.6. The number of carbonyl (C=O) groups is 1. The maximum absolute atomic E-state index is 13.0. The van der Waals surface area contributed by atoms with Gasteiger partial charge in [0.25, 0.3) is 5.91 Å². The Morgan fingerprint density at radius 2 is 2.12 bits per heavy atom. The van der Waals surface area contributed by atoms with Gasteiger partial charge >= 0.3 is 6.18 Å². The molecule has 2 aromatic heterocycles. The number of aryl methyl sites for hydroxylation is 1. The van der Waals surface area contributed by atoms with Crippen LogP contribution < -0.4 is 10.6 Å². The maximum atomic E-state index is 13.0. The number of alkyl halides is 3. The van der Waals surface area contributed by atoms with Crippen molar-refractivity contribution in [3.05, 3.63) is 64.3 Å². The van der Waals surface area contributed by atoms with E-state index in [1.807, 2.05) is 6.92 Å². The van der Waals surface area contributed by atoms with E-state index in [2.05, 4.69) is 25.6 Å².